The van der Waals surface area contributed by atoms with E-state index in [-0.39, 0.29) is 41.7 Å². The Kier molecular flexibility index (Phi) is 10.4. The van der Waals surface area contributed by atoms with Crippen molar-refractivity contribution in [3.8, 4) is 0 Å². The number of nitrogens with two attached hydrogens (primary N) is 2. The number of allylic oxidation sites excluding steroid dienone is 1. The highest BCUT2D eigenvalue weighted by Gasteiger charge is 2.73. The van der Waals surface area contributed by atoms with Crippen molar-refractivity contribution in [3.63, 3.8) is 0 Å². The number of quaternary nitrogens is 1. The van der Waals surface area contributed by atoms with Crippen LogP contribution in [0.1, 0.15) is 137 Å². The van der Waals surface area contributed by atoms with Crippen LogP contribution in [-0.2, 0) is 9.53 Å². The summed E-state index contributed by atoms with van der Waals surface area (Å²) < 4.78 is 6.25. The van der Waals surface area contributed by atoms with Gasteiger partial charge in [0.1, 0.15) is 18.4 Å². The Morgan fingerprint density at radius 2 is 1.76 bits per heavy atom. The van der Waals surface area contributed by atoms with Gasteiger partial charge in [-0.05, 0) is 119 Å². The zero-order valence-electron chi connectivity index (χ0n) is 31.1. The molecule has 0 aromatic rings. The number of ketones is 1. The number of aliphatic hydroxyl groups excluding tert-OH is 2. The summed E-state index contributed by atoms with van der Waals surface area (Å²) in [6, 6.07) is 0. The van der Waals surface area contributed by atoms with Crippen molar-refractivity contribution in [2.75, 3.05) is 13.2 Å². The number of hydrogen-bond acceptors (Lipinski definition) is 8. The van der Waals surface area contributed by atoms with E-state index in [9.17, 15) is 30.3 Å². The van der Waals surface area contributed by atoms with Crippen molar-refractivity contribution >= 4 is 5.78 Å². The molecule has 6 rings (SSSR count). The molecular formula is C40H69N2O7+. The van der Waals surface area contributed by atoms with Crippen molar-refractivity contribution < 1.29 is 40.4 Å². The first-order valence-corrected chi connectivity index (χ1v) is 20.0. The van der Waals surface area contributed by atoms with E-state index in [1.54, 1.807) is 13.0 Å². The fourth-order valence-corrected chi connectivity index (χ4v) is 12.3. The van der Waals surface area contributed by atoms with Gasteiger partial charge in [-0.3, -0.25) is 10.5 Å². The fourth-order valence-electron chi connectivity index (χ4n) is 12.3. The Hall–Kier alpha value is -0.910. The lowest BCUT2D eigenvalue weighted by Gasteiger charge is -2.61. The number of carbonyl (C=O) groups excluding carboxylic acids is 1. The van der Waals surface area contributed by atoms with E-state index in [1.807, 2.05) is 13.8 Å². The third-order valence-electron chi connectivity index (χ3n) is 15.9. The standard InChI is InChI=1S/C40H68N2O7/c1-6-7-8-9-15-39-18-11-26(44)22-29(39)30(45)23-28-27(39)12-17-36(3)31(13-19-40(28,36)48)37(4,46)33-34(49-33)38(5,47)35(2,24-43)16-10-25-14-20-42-32(41)21-25/h23,25-27,29,31-34,42-44,46-48H,6-22,24,41H2,1-5H3/p+1/t25?,26-,27-,29-,31-,32?,33+,34-,35-,36-,37+,38-,39+,40+/m0/s1. The predicted octanol–water partition coefficient (Wildman–Crippen LogP) is 3.48. The highest BCUT2D eigenvalue weighted by Crippen LogP contribution is 2.70. The fraction of sp³-hybridized carbons (Fsp3) is 0.925. The molecule has 0 aromatic carbocycles. The summed E-state index contributed by atoms with van der Waals surface area (Å²) in [6.07, 6.45) is 13.8. The molecule has 14 atom stereocenters. The maximum absolute atomic E-state index is 14.0. The average Bonchev–Trinajstić information content (AvgIpc) is 3.83. The Balaban J connectivity index is 1.22. The van der Waals surface area contributed by atoms with E-state index in [4.69, 9.17) is 10.5 Å². The van der Waals surface area contributed by atoms with E-state index in [1.165, 1.54) is 6.42 Å². The molecule has 2 heterocycles. The van der Waals surface area contributed by atoms with Gasteiger partial charge in [-0.25, -0.2) is 0 Å². The molecule has 0 radical (unpaired) electrons. The molecule has 9 heteroatoms. The molecule has 0 amide bonds. The number of rotatable bonds is 13. The first kappa shape index (κ1) is 37.8. The molecule has 49 heavy (non-hydrogen) atoms. The molecule has 9 nitrogen and oxygen atoms in total. The van der Waals surface area contributed by atoms with Crippen molar-refractivity contribution in [3.05, 3.63) is 11.6 Å². The summed E-state index contributed by atoms with van der Waals surface area (Å²) in [6.45, 7) is 10.6. The summed E-state index contributed by atoms with van der Waals surface area (Å²) in [7, 11) is 0. The number of epoxide rings is 1. The smallest absolute Gasteiger partial charge is 0.159 e. The highest BCUT2D eigenvalue weighted by molar-refractivity contribution is 5.95. The SMILES string of the molecule is CCCCCC[C@]12CC[C@H](O)C[C@H]1C(=O)C=C1[C@@H]2CC[C@@]2(C)[C@@H]([C@@](C)(O)[C@@H]3O[C@@H]3[C@](C)(O)[C@](C)(CO)CCC3CC[NH2+]C(N)C3)CC[C@@]12O. The van der Waals surface area contributed by atoms with Gasteiger partial charge in [0.15, 0.2) is 5.78 Å². The second kappa shape index (κ2) is 13.5. The van der Waals surface area contributed by atoms with Crippen LogP contribution in [0.3, 0.4) is 0 Å². The van der Waals surface area contributed by atoms with Crippen molar-refractivity contribution in [1.82, 2.24) is 0 Å². The van der Waals surface area contributed by atoms with Gasteiger partial charge in [-0.2, -0.15) is 0 Å². The van der Waals surface area contributed by atoms with E-state index in [2.05, 4.69) is 19.2 Å². The average molecular weight is 690 g/mol. The zero-order chi connectivity index (χ0) is 35.6. The van der Waals surface area contributed by atoms with Gasteiger partial charge in [0.05, 0.1) is 36.1 Å². The maximum Gasteiger partial charge on any atom is 0.159 e. The van der Waals surface area contributed by atoms with Crippen LogP contribution in [0.4, 0.5) is 0 Å². The van der Waals surface area contributed by atoms with Crippen molar-refractivity contribution in [1.29, 1.82) is 0 Å². The molecule has 0 aromatic heterocycles. The van der Waals surface area contributed by atoms with Crippen LogP contribution in [0, 0.1) is 39.9 Å². The van der Waals surface area contributed by atoms with Gasteiger partial charge < -0.3 is 35.6 Å². The van der Waals surface area contributed by atoms with E-state index in [0.29, 0.717) is 38.0 Å². The number of ether oxygens (including phenoxy) is 1. The number of hydrogen-bond donors (Lipinski definition) is 7. The highest BCUT2D eigenvalue weighted by atomic mass is 16.6. The molecule has 2 aliphatic heterocycles. The van der Waals surface area contributed by atoms with Crippen LogP contribution < -0.4 is 11.1 Å². The third-order valence-corrected chi connectivity index (χ3v) is 15.9. The van der Waals surface area contributed by atoms with Crippen LogP contribution in [0.5, 0.6) is 0 Å². The summed E-state index contributed by atoms with van der Waals surface area (Å²) in [5, 5.41) is 60.9. The first-order valence-electron chi connectivity index (χ1n) is 20.0. The summed E-state index contributed by atoms with van der Waals surface area (Å²) in [5.41, 5.74) is 1.40. The quantitative estimate of drug-likeness (QED) is 0.114. The minimum Gasteiger partial charge on any atom is -0.396 e. The van der Waals surface area contributed by atoms with Gasteiger partial charge >= 0.3 is 0 Å². The number of piperidine rings is 1. The lowest BCUT2D eigenvalue weighted by atomic mass is 9.44. The number of carbonyl (C=O) groups is 1. The normalized spacial score (nSPS) is 45.6. The molecule has 3 saturated carbocycles. The predicted molar refractivity (Wildman–Crippen MR) is 188 cm³/mol. The molecule has 6 aliphatic rings. The molecule has 9 N–H and O–H groups in total. The lowest BCUT2D eigenvalue weighted by molar-refractivity contribution is -0.699. The van der Waals surface area contributed by atoms with Crippen molar-refractivity contribution in [2.24, 2.45) is 45.7 Å². The van der Waals surface area contributed by atoms with Crippen LogP contribution in [0.25, 0.3) is 0 Å². The Morgan fingerprint density at radius 1 is 1.00 bits per heavy atom. The molecule has 280 valence electrons. The van der Waals surface area contributed by atoms with Gasteiger partial charge in [0.25, 0.3) is 0 Å². The van der Waals surface area contributed by atoms with Crippen LogP contribution >= 0.6 is 0 Å². The summed E-state index contributed by atoms with van der Waals surface area (Å²) in [4.78, 5) is 14.0. The maximum atomic E-state index is 14.0. The third kappa shape index (κ3) is 6.12. The van der Waals surface area contributed by atoms with Crippen LogP contribution in [-0.4, -0.2) is 85.7 Å². The monoisotopic (exact) mass is 690 g/mol. The number of fused-ring (bicyclic) bond motifs is 5. The van der Waals surface area contributed by atoms with Gasteiger partial charge in [-0.15, -0.1) is 0 Å². The largest absolute Gasteiger partial charge is 0.396 e. The Bertz CT molecular complexity index is 1250. The van der Waals surface area contributed by atoms with Crippen LogP contribution in [0.15, 0.2) is 11.6 Å². The lowest BCUT2D eigenvalue weighted by Crippen LogP contribution is -2.94. The first-order chi connectivity index (χ1) is 23.0. The minimum atomic E-state index is -1.38. The molecule has 2 saturated heterocycles. The van der Waals surface area contributed by atoms with Gasteiger partial charge in [-0.1, -0.05) is 46.5 Å². The molecule has 0 bridgehead atoms. The van der Waals surface area contributed by atoms with E-state index >= 15 is 0 Å². The number of unbranched alkanes of at least 4 members (excludes halogenated alkanes) is 3. The van der Waals surface area contributed by atoms with Crippen molar-refractivity contribution in [2.45, 2.75) is 179 Å². The second-order valence-corrected chi connectivity index (χ2v) is 18.7. The zero-order valence-corrected chi connectivity index (χ0v) is 31.1. The van der Waals surface area contributed by atoms with Gasteiger partial charge in [0.2, 0.25) is 0 Å². The van der Waals surface area contributed by atoms with E-state index < -0.39 is 45.9 Å². The minimum absolute atomic E-state index is 0.0617. The molecule has 0 spiro atoms. The molecule has 4 aliphatic carbocycles. The second-order valence-electron chi connectivity index (χ2n) is 18.7. The summed E-state index contributed by atoms with van der Waals surface area (Å²) >= 11 is 0. The number of aliphatic hydroxyl groups is 5. The molecular weight excluding hydrogens is 620 g/mol. The Morgan fingerprint density at radius 3 is 2.45 bits per heavy atom. The molecule has 2 unspecified atom stereocenters. The summed E-state index contributed by atoms with van der Waals surface area (Å²) in [5.74, 6) is 0.110. The topological polar surface area (TPSA) is 173 Å². The van der Waals surface area contributed by atoms with E-state index in [0.717, 1.165) is 76.3 Å². The van der Waals surface area contributed by atoms with Crippen LogP contribution in [0.2, 0.25) is 0 Å². The van der Waals surface area contributed by atoms with Gasteiger partial charge in [0, 0.05) is 23.2 Å². The molecule has 5 fully saturated rings. The Labute approximate surface area is 294 Å².